The van der Waals surface area contributed by atoms with Crippen molar-refractivity contribution in [2.24, 2.45) is 0 Å². The Balaban J connectivity index is 2.23. The highest BCUT2D eigenvalue weighted by Crippen LogP contribution is 2.20. The lowest BCUT2D eigenvalue weighted by atomic mass is 10.0. The number of anilines is 1. The van der Waals surface area contributed by atoms with Crippen molar-refractivity contribution < 1.29 is 17.9 Å². The third-order valence-corrected chi connectivity index (χ3v) is 5.46. The number of rotatable bonds is 7. The minimum atomic E-state index is -3.81. The van der Waals surface area contributed by atoms with Crippen molar-refractivity contribution in [3.63, 3.8) is 0 Å². The normalized spacial score (nSPS) is 11.7. The lowest BCUT2D eigenvalue weighted by Gasteiger charge is -2.24. The lowest BCUT2D eigenvalue weighted by Crippen LogP contribution is -2.42. The summed E-state index contributed by atoms with van der Waals surface area (Å²) >= 11 is 0. The number of hydrogen-bond acceptors (Lipinski definition) is 4. The first-order valence-electron chi connectivity index (χ1n) is 8.26. The van der Waals surface area contributed by atoms with E-state index in [1.54, 1.807) is 36.4 Å². The van der Waals surface area contributed by atoms with Crippen LogP contribution in [-0.2, 0) is 10.0 Å². The molecule has 0 aliphatic carbocycles. The van der Waals surface area contributed by atoms with Crippen molar-refractivity contribution in [3.8, 4) is 5.75 Å². The predicted molar refractivity (Wildman–Crippen MR) is 102 cm³/mol. The Kier molecular flexibility index (Phi) is 5.92. The van der Waals surface area contributed by atoms with Gasteiger partial charge >= 0.3 is 0 Å². The van der Waals surface area contributed by atoms with E-state index in [1.807, 2.05) is 20.8 Å². The van der Waals surface area contributed by atoms with Crippen LogP contribution in [0.5, 0.6) is 5.75 Å². The highest BCUT2D eigenvalue weighted by molar-refractivity contribution is 7.92. The van der Waals surface area contributed by atoms with Gasteiger partial charge < -0.3 is 10.1 Å². The first-order valence-corrected chi connectivity index (χ1v) is 9.74. The first kappa shape index (κ1) is 19.8. The predicted octanol–water partition coefficient (Wildman–Crippen LogP) is 3.41. The van der Waals surface area contributed by atoms with E-state index in [4.69, 9.17) is 4.74 Å². The standard InChI is InChI=1S/C19H24N2O4S/c1-5-19(2,3)20-18(22)14-7-6-8-17(13-14)26(23,24)21-15-9-11-16(25-4)12-10-15/h6-13,21H,5H2,1-4H3,(H,20,22). The summed E-state index contributed by atoms with van der Waals surface area (Å²) in [5, 5.41) is 2.90. The van der Waals surface area contributed by atoms with Crippen LogP contribution in [0.3, 0.4) is 0 Å². The molecule has 0 aliphatic rings. The fourth-order valence-corrected chi connectivity index (χ4v) is 3.25. The van der Waals surface area contributed by atoms with Crippen LogP contribution >= 0.6 is 0 Å². The number of hydrogen-bond donors (Lipinski definition) is 2. The average Bonchev–Trinajstić information content (AvgIpc) is 2.62. The molecule has 2 aromatic rings. The lowest BCUT2D eigenvalue weighted by molar-refractivity contribution is 0.0911. The van der Waals surface area contributed by atoms with Gasteiger partial charge in [0.15, 0.2) is 0 Å². The van der Waals surface area contributed by atoms with Gasteiger partial charge in [-0.2, -0.15) is 0 Å². The zero-order valence-corrected chi connectivity index (χ0v) is 16.2. The Bertz CT molecular complexity index is 875. The Labute approximate surface area is 154 Å². The van der Waals surface area contributed by atoms with Gasteiger partial charge in [-0.3, -0.25) is 9.52 Å². The zero-order valence-electron chi connectivity index (χ0n) is 15.4. The topological polar surface area (TPSA) is 84.5 Å². The van der Waals surface area contributed by atoms with Gasteiger partial charge in [0.05, 0.1) is 12.0 Å². The monoisotopic (exact) mass is 376 g/mol. The molecule has 0 radical (unpaired) electrons. The van der Waals surface area contributed by atoms with Crippen LogP contribution < -0.4 is 14.8 Å². The number of ether oxygens (including phenoxy) is 1. The molecule has 0 fully saturated rings. The molecule has 0 atom stereocenters. The van der Waals surface area contributed by atoms with Gasteiger partial charge in [-0.15, -0.1) is 0 Å². The van der Waals surface area contributed by atoms with Gasteiger partial charge in [-0.1, -0.05) is 13.0 Å². The third-order valence-electron chi connectivity index (χ3n) is 4.08. The minimum absolute atomic E-state index is 0.0234. The highest BCUT2D eigenvalue weighted by atomic mass is 32.2. The summed E-state index contributed by atoms with van der Waals surface area (Å²) in [5.74, 6) is 0.323. The summed E-state index contributed by atoms with van der Waals surface area (Å²) in [6, 6.07) is 12.5. The molecule has 0 bridgehead atoms. The molecule has 2 N–H and O–H groups in total. The third kappa shape index (κ3) is 4.98. The molecule has 0 aliphatic heterocycles. The summed E-state index contributed by atoms with van der Waals surface area (Å²) in [6.45, 7) is 5.80. The molecule has 140 valence electrons. The van der Waals surface area contributed by atoms with Gasteiger partial charge in [-0.05, 0) is 62.7 Å². The van der Waals surface area contributed by atoms with Crippen molar-refractivity contribution in [3.05, 3.63) is 54.1 Å². The summed E-state index contributed by atoms with van der Waals surface area (Å²) < 4.78 is 32.7. The SMILES string of the molecule is CCC(C)(C)NC(=O)c1cccc(S(=O)(=O)Nc2ccc(OC)cc2)c1. The molecule has 0 saturated carbocycles. The molecule has 2 rings (SSSR count). The summed E-state index contributed by atoms with van der Waals surface area (Å²) in [5.41, 5.74) is 0.338. The van der Waals surface area contributed by atoms with E-state index in [2.05, 4.69) is 10.0 Å². The van der Waals surface area contributed by atoms with Crippen molar-refractivity contribution in [1.29, 1.82) is 0 Å². The van der Waals surface area contributed by atoms with Crippen molar-refractivity contribution in [2.75, 3.05) is 11.8 Å². The van der Waals surface area contributed by atoms with Crippen molar-refractivity contribution >= 4 is 21.6 Å². The number of amides is 1. The minimum Gasteiger partial charge on any atom is -0.497 e. The Morgan fingerprint density at radius 2 is 1.77 bits per heavy atom. The van der Waals surface area contributed by atoms with Crippen molar-refractivity contribution in [2.45, 2.75) is 37.6 Å². The largest absolute Gasteiger partial charge is 0.497 e. The second-order valence-corrected chi connectivity index (χ2v) is 8.24. The Morgan fingerprint density at radius 1 is 1.12 bits per heavy atom. The maximum absolute atomic E-state index is 12.6. The zero-order chi connectivity index (χ0) is 19.4. The molecule has 0 aromatic heterocycles. The van der Waals surface area contributed by atoms with E-state index in [0.717, 1.165) is 6.42 Å². The van der Waals surface area contributed by atoms with E-state index in [1.165, 1.54) is 19.2 Å². The van der Waals surface area contributed by atoms with Gasteiger partial charge in [0.1, 0.15) is 5.75 Å². The molecule has 0 spiro atoms. The van der Waals surface area contributed by atoms with Gasteiger partial charge in [0.2, 0.25) is 0 Å². The number of nitrogens with one attached hydrogen (secondary N) is 2. The fourth-order valence-electron chi connectivity index (χ4n) is 2.15. The number of methoxy groups -OCH3 is 1. The van der Waals surface area contributed by atoms with Crippen LogP contribution in [0.2, 0.25) is 0 Å². The number of carbonyl (C=O) groups excluding carboxylic acids is 1. The molecule has 26 heavy (non-hydrogen) atoms. The van der Waals surface area contributed by atoms with Crippen molar-refractivity contribution in [1.82, 2.24) is 5.32 Å². The second-order valence-electron chi connectivity index (χ2n) is 6.55. The molecule has 0 heterocycles. The van der Waals surface area contributed by atoms with E-state index < -0.39 is 10.0 Å². The molecule has 1 amide bonds. The van der Waals surface area contributed by atoms with Gasteiger partial charge in [0.25, 0.3) is 15.9 Å². The van der Waals surface area contributed by atoms with Crippen LogP contribution in [0.1, 0.15) is 37.6 Å². The maximum Gasteiger partial charge on any atom is 0.261 e. The molecule has 2 aromatic carbocycles. The van der Waals surface area contributed by atoms with Gasteiger partial charge in [0, 0.05) is 16.8 Å². The Morgan fingerprint density at radius 3 is 2.35 bits per heavy atom. The highest BCUT2D eigenvalue weighted by Gasteiger charge is 2.21. The molecule has 0 unspecified atom stereocenters. The number of sulfonamides is 1. The molecule has 7 heteroatoms. The van der Waals surface area contributed by atoms with E-state index in [0.29, 0.717) is 17.0 Å². The summed E-state index contributed by atoms with van der Waals surface area (Å²) in [6.07, 6.45) is 0.760. The number of benzene rings is 2. The smallest absolute Gasteiger partial charge is 0.261 e. The molecule has 0 saturated heterocycles. The van der Waals surface area contributed by atoms with Crippen LogP contribution in [0.4, 0.5) is 5.69 Å². The molecule has 6 nitrogen and oxygen atoms in total. The van der Waals surface area contributed by atoms with Gasteiger partial charge in [-0.25, -0.2) is 8.42 Å². The number of carbonyl (C=O) groups is 1. The summed E-state index contributed by atoms with van der Waals surface area (Å²) in [4.78, 5) is 12.4. The van der Waals surface area contributed by atoms with Crippen LogP contribution in [0, 0.1) is 0 Å². The van der Waals surface area contributed by atoms with E-state index in [-0.39, 0.29) is 16.3 Å². The maximum atomic E-state index is 12.6. The van der Waals surface area contributed by atoms with Crippen LogP contribution in [0.15, 0.2) is 53.4 Å². The molecular weight excluding hydrogens is 352 g/mol. The molecular formula is C19H24N2O4S. The average molecular weight is 376 g/mol. The van der Waals surface area contributed by atoms with E-state index in [9.17, 15) is 13.2 Å². The summed E-state index contributed by atoms with van der Waals surface area (Å²) in [7, 11) is -2.27. The van der Waals surface area contributed by atoms with E-state index >= 15 is 0 Å². The van der Waals surface area contributed by atoms with Crippen LogP contribution in [-0.4, -0.2) is 27.0 Å². The quantitative estimate of drug-likeness (QED) is 0.775. The fraction of sp³-hybridized carbons (Fsp3) is 0.316. The van der Waals surface area contributed by atoms with Crippen LogP contribution in [0.25, 0.3) is 0 Å². The Hall–Kier alpha value is -2.54. The first-order chi connectivity index (χ1) is 12.2. The second kappa shape index (κ2) is 7.78.